The second kappa shape index (κ2) is 6.75. The summed E-state index contributed by atoms with van der Waals surface area (Å²) in [6.45, 7) is 8.86. The summed E-state index contributed by atoms with van der Waals surface area (Å²) in [6, 6.07) is 5.46. The fourth-order valence-electron chi connectivity index (χ4n) is 2.35. The highest BCUT2D eigenvalue weighted by atomic mass is 16.5. The molecule has 1 aromatic carbocycles. The van der Waals surface area contributed by atoms with Crippen molar-refractivity contribution in [3.8, 4) is 11.5 Å². The molecule has 0 spiro atoms. The van der Waals surface area contributed by atoms with Crippen LogP contribution in [-0.2, 0) is 0 Å². The lowest BCUT2D eigenvalue weighted by molar-refractivity contribution is 0.0853. The lowest BCUT2D eigenvalue weighted by atomic mass is 9.83. The molecule has 2 rings (SSSR count). The molecule has 4 heteroatoms. The van der Waals surface area contributed by atoms with Crippen molar-refractivity contribution in [1.29, 1.82) is 0 Å². The zero-order valence-electron chi connectivity index (χ0n) is 12.4. The summed E-state index contributed by atoms with van der Waals surface area (Å²) in [7, 11) is 0. The lowest BCUT2D eigenvalue weighted by Crippen LogP contribution is -2.47. The van der Waals surface area contributed by atoms with Gasteiger partial charge >= 0.3 is 0 Å². The van der Waals surface area contributed by atoms with Gasteiger partial charge in [0, 0.05) is 11.5 Å². The third-order valence-electron chi connectivity index (χ3n) is 3.76. The van der Waals surface area contributed by atoms with Crippen LogP contribution in [0.5, 0.6) is 11.5 Å². The molecule has 1 heterocycles. The highest BCUT2D eigenvalue weighted by Gasteiger charge is 2.29. The molecule has 1 N–H and O–H groups in total. The van der Waals surface area contributed by atoms with Gasteiger partial charge in [0.1, 0.15) is 0 Å². The van der Waals surface area contributed by atoms with E-state index >= 15 is 0 Å². The van der Waals surface area contributed by atoms with Gasteiger partial charge in [0.15, 0.2) is 17.3 Å². The van der Waals surface area contributed by atoms with Gasteiger partial charge in [-0.25, -0.2) is 0 Å². The number of carbonyl (C=O) groups is 1. The van der Waals surface area contributed by atoms with Crippen molar-refractivity contribution in [1.82, 2.24) is 5.32 Å². The summed E-state index contributed by atoms with van der Waals surface area (Å²) < 4.78 is 11.1. The molecule has 1 atom stereocenters. The van der Waals surface area contributed by atoms with Gasteiger partial charge in [-0.1, -0.05) is 6.92 Å². The molecule has 1 saturated heterocycles. The third kappa shape index (κ3) is 3.12. The third-order valence-corrected chi connectivity index (χ3v) is 3.76. The maximum atomic E-state index is 12.5. The van der Waals surface area contributed by atoms with E-state index in [1.165, 1.54) is 0 Å². The highest BCUT2D eigenvalue weighted by Crippen LogP contribution is 2.30. The zero-order chi connectivity index (χ0) is 14.5. The van der Waals surface area contributed by atoms with Gasteiger partial charge < -0.3 is 14.8 Å². The number of rotatable bonds is 7. The largest absolute Gasteiger partial charge is 0.490 e. The normalized spacial score (nSPS) is 16.4. The molecular weight excluding hydrogens is 254 g/mol. The first-order chi connectivity index (χ1) is 9.67. The SMILES string of the molecule is CCOc1ccc(C(=O)C(C)C2CNC2)cc1OCC. The molecule has 0 aliphatic carbocycles. The van der Waals surface area contributed by atoms with Crippen LogP contribution in [0.1, 0.15) is 31.1 Å². The summed E-state index contributed by atoms with van der Waals surface area (Å²) in [5.41, 5.74) is 0.705. The van der Waals surface area contributed by atoms with Crippen LogP contribution < -0.4 is 14.8 Å². The number of ketones is 1. The van der Waals surface area contributed by atoms with Gasteiger partial charge in [-0.3, -0.25) is 4.79 Å². The minimum absolute atomic E-state index is 0.0451. The Bertz CT molecular complexity index is 469. The van der Waals surface area contributed by atoms with Crippen LogP contribution >= 0.6 is 0 Å². The molecule has 110 valence electrons. The van der Waals surface area contributed by atoms with Crippen LogP contribution in [0.2, 0.25) is 0 Å². The van der Waals surface area contributed by atoms with E-state index in [4.69, 9.17) is 9.47 Å². The molecule has 1 aliphatic heterocycles. The quantitative estimate of drug-likeness (QED) is 0.778. The molecule has 0 saturated carbocycles. The standard InChI is InChI=1S/C16H23NO3/c1-4-19-14-7-6-12(8-15(14)20-5-2)16(18)11(3)13-9-17-10-13/h6-8,11,13,17H,4-5,9-10H2,1-3H3. The van der Waals surface area contributed by atoms with Crippen molar-refractivity contribution in [3.63, 3.8) is 0 Å². The topological polar surface area (TPSA) is 47.6 Å². The predicted octanol–water partition coefficient (Wildman–Crippen LogP) is 2.52. The van der Waals surface area contributed by atoms with Crippen molar-refractivity contribution >= 4 is 5.78 Å². The number of hydrogen-bond acceptors (Lipinski definition) is 4. The van der Waals surface area contributed by atoms with Crippen molar-refractivity contribution < 1.29 is 14.3 Å². The Morgan fingerprint density at radius 3 is 2.45 bits per heavy atom. The first-order valence-corrected chi connectivity index (χ1v) is 7.31. The second-order valence-corrected chi connectivity index (χ2v) is 5.10. The summed E-state index contributed by atoms with van der Waals surface area (Å²) in [4.78, 5) is 12.5. The van der Waals surface area contributed by atoms with E-state index in [-0.39, 0.29) is 11.7 Å². The first-order valence-electron chi connectivity index (χ1n) is 7.31. The van der Waals surface area contributed by atoms with Gasteiger partial charge in [-0.2, -0.15) is 0 Å². The maximum Gasteiger partial charge on any atom is 0.166 e. The molecule has 20 heavy (non-hydrogen) atoms. The van der Waals surface area contributed by atoms with E-state index in [1.807, 2.05) is 32.9 Å². The Morgan fingerprint density at radius 2 is 1.90 bits per heavy atom. The Kier molecular flexibility index (Phi) is 5.01. The highest BCUT2D eigenvalue weighted by molar-refractivity contribution is 5.98. The smallest absolute Gasteiger partial charge is 0.166 e. The van der Waals surface area contributed by atoms with Crippen LogP contribution in [-0.4, -0.2) is 32.1 Å². The number of carbonyl (C=O) groups excluding carboxylic acids is 1. The maximum absolute atomic E-state index is 12.5. The lowest BCUT2D eigenvalue weighted by Gasteiger charge is -2.31. The van der Waals surface area contributed by atoms with Crippen molar-refractivity contribution in [2.24, 2.45) is 11.8 Å². The number of hydrogen-bond donors (Lipinski definition) is 1. The molecule has 1 unspecified atom stereocenters. The van der Waals surface area contributed by atoms with Gasteiger partial charge in [-0.15, -0.1) is 0 Å². The first kappa shape index (κ1) is 14.9. The number of ether oxygens (including phenoxy) is 2. The average Bonchev–Trinajstić information content (AvgIpc) is 2.38. The average molecular weight is 277 g/mol. The number of benzene rings is 1. The van der Waals surface area contributed by atoms with E-state index in [2.05, 4.69) is 5.32 Å². The van der Waals surface area contributed by atoms with Crippen molar-refractivity contribution in [2.45, 2.75) is 20.8 Å². The molecule has 0 aromatic heterocycles. The molecule has 0 radical (unpaired) electrons. The van der Waals surface area contributed by atoms with Gasteiger partial charge in [0.25, 0.3) is 0 Å². The van der Waals surface area contributed by atoms with Crippen LogP contribution in [0.25, 0.3) is 0 Å². The minimum atomic E-state index is 0.0451. The Balaban J connectivity index is 2.18. The van der Waals surface area contributed by atoms with Crippen LogP contribution in [0.15, 0.2) is 18.2 Å². The Labute approximate surface area is 120 Å². The summed E-state index contributed by atoms with van der Waals surface area (Å²) in [5.74, 6) is 2.02. The monoisotopic (exact) mass is 277 g/mol. The van der Waals surface area contributed by atoms with Crippen molar-refractivity contribution in [3.05, 3.63) is 23.8 Å². The van der Waals surface area contributed by atoms with Crippen molar-refractivity contribution in [2.75, 3.05) is 26.3 Å². The predicted molar refractivity (Wildman–Crippen MR) is 78.6 cm³/mol. The zero-order valence-corrected chi connectivity index (χ0v) is 12.4. The van der Waals surface area contributed by atoms with Gasteiger partial charge in [-0.05, 0) is 51.1 Å². The molecule has 4 nitrogen and oxygen atoms in total. The van der Waals surface area contributed by atoms with Crippen LogP contribution in [0.4, 0.5) is 0 Å². The Hall–Kier alpha value is -1.55. The van der Waals surface area contributed by atoms with Gasteiger partial charge in [0.2, 0.25) is 0 Å². The van der Waals surface area contributed by atoms with E-state index in [1.54, 1.807) is 6.07 Å². The van der Waals surface area contributed by atoms with E-state index in [0.29, 0.717) is 36.2 Å². The fourth-order valence-corrected chi connectivity index (χ4v) is 2.35. The van der Waals surface area contributed by atoms with Gasteiger partial charge in [0.05, 0.1) is 13.2 Å². The molecule has 1 fully saturated rings. The Morgan fingerprint density at radius 1 is 1.25 bits per heavy atom. The second-order valence-electron chi connectivity index (χ2n) is 5.10. The molecular formula is C16H23NO3. The van der Waals surface area contributed by atoms with E-state index in [9.17, 15) is 4.79 Å². The van der Waals surface area contributed by atoms with Crippen LogP contribution in [0, 0.1) is 11.8 Å². The number of Topliss-reactive ketones (excluding diaryl/α,β-unsaturated/α-hetero) is 1. The van der Waals surface area contributed by atoms with Crippen LogP contribution in [0.3, 0.4) is 0 Å². The molecule has 0 amide bonds. The summed E-state index contributed by atoms with van der Waals surface area (Å²) >= 11 is 0. The molecule has 1 aliphatic rings. The molecule has 1 aromatic rings. The van der Waals surface area contributed by atoms with E-state index < -0.39 is 0 Å². The summed E-state index contributed by atoms with van der Waals surface area (Å²) in [5, 5.41) is 3.21. The van der Waals surface area contributed by atoms with E-state index in [0.717, 1.165) is 13.1 Å². The minimum Gasteiger partial charge on any atom is -0.490 e. The number of nitrogens with one attached hydrogen (secondary N) is 1. The summed E-state index contributed by atoms with van der Waals surface area (Å²) in [6.07, 6.45) is 0. The fraction of sp³-hybridized carbons (Fsp3) is 0.562. The molecule has 0 bridgehead atoms.